The summed E-state index contributed by atoms with van der Waals surface area (Å²) in [6.45, 7) is 3.79. The second-order valence-corrected chi connectivity index (χ2v) is 5.90. The van der Waals surface area contributed by atoms with Crippen molar-refractivity contribution in [2.45, 2.75) is 13.8 Å². The summed E-state index contributed by atoms with van der Waals surface area (Å²) < 4.78 is 0. The number of carbonyl (C=O) groups is 2. The molecule has 23 heavy (non-hydrogen) atoms. The zero-order chi connectivity index (χ0) is 16.4. The first-order valence-electron chi connectivity index (χ1n) is 7.64. The molecule has 3 rings (SSSR count). The first-order chi connectivity index (χ1) is 11.1. The van der Waals surface area contributed by atoms with Gasteiger partial charge in [-0.05, 0) is 30.2 Å². The summed E-state index contributed by atoms with van der Waals surface area (Å²) in [5.74, 6) is -1.02. The van der Waals surface area contributed by atoms with Crippen molar-refractivity contribution in [3.63, 3.8) is 0 Å². The highest BCUT2D eigenvalue weighted by Crippen LogP contribution is 2.34. The van der Waals surface area contributed by atoms with E-state index in [1.807, 2.05) is 50.2 Å². The van der Waals surface area contributed by atoms with Crippen LogP contribution in [0.2, 0.25) is 0 Å². The lowest BCUT2D eigenvalue weighted by atomic mass is 9.86. The van der Waals surface area contributed by atoms with Crippen LogP contribution in [0.25, 0.3) is 5.70 Å². The Morgan fingerprint density at radius 2 is 1.78 bits per heavy atom. The number of nitrogens with zero attached hydrogens (tertiary/aromatic N) is 2. The number of anilines is 1. The van der Waals surface area contributed by atoms with Crippen LogP contribution in [0.15, 0.2) is 60.9 Å². The molecule has 2 heterocycles. The Kier molecular flexibility index (Phi) is 4.06. The number of benzene rings is 1. The Labute approximate surface area is 135 Å². The van der Waals surface area contributed by atoms with Gasteiger partial charge in [-0.15, -0.1) is 0 Å². The van der Waals surface area contributed by atoms with E-state index in [0.29, 0.717) is 5.70 Å². The summed E-state index contributed by atoms with van der Waals surface area (Å²) >= 11 is 0. The highest BCUT2D eigenvalue weighted by molar-refractivity contribution is 6.24. The molecular formula is C19H18N2O2. The van der Waals surface area contributed by atoms with Crippen LogP contribution in [0.4, 0.5) is 5.69 Å². The maximum Gasteiger partial charge on any atom is 0.242 e. The fourth-order valence-electron chi connectivity index (χ4n) is 2.85. The Balaban J connectivity index is 2.16. The van der Waals surface area contributed by atoms with Crippen LogP contribution in [0.1, 0.15) is 19.4 Å². The van der Waals surface area contributed by atoms with Gasteiger partial charge < -0.3 is 0 Å². The van der Waals surface area contributed by atoms with Gasteiger partial charge in [0.15, 0.2) is 5.78 Å². The van der Waals surface area contributed by atoms with Gasteiger partial charge in [-0.3, -0.25) is 19.5 Å². The molecule has 1 aliphatic heterocycles. The van der Waals surface area contributed by atoms with E-state index in [4.69, 9.17) is 0 Å². The van der Waals surface area contributed by atoms with E-state index in [0.717, 1.165) is 11.3 Å². The normalized spacial score (nSPS) is 18.3. The van der Waals surface area contributed by atoms with Crippen LogP contribution in [-0.4, -0.2) is 16.7 Å². The lowest BCUT2D eigenvalue weighted by Crippen LogP contribution is -2.44. The van der Waals surface area contributed by atoms with Gasteiger partial charge in [0.1, 0.15) is 5.92 Å². The van der Waals surface area contributed by atoms with Crippen molar-refractivity contribution in [2.24, 2.45) is 11.8 Å². The van der Waals surface area contributed by atoms with Crippen molar-refractivity contribution in [3.8, 4) is 0 Å². The molecule has 0 saturated carbocycles. The van der Waals surface area contributed by atoms with Crippen LogP contribution >= 0.6 is 0 Å². The lowest BCUT2D eigenvalue weighted by molar-refractivity contribution is -0.131. The number of carbonyl (C=O) groups excluding carboxylic acids is 2. The van der Waals surface area contributed by atoms with Gasteiger partial charge in [-0.1, -0.05) is 32.0 Å². The number of allylic oxidation sites excluding steroid dienone is 1. The molecule has 116 valence electrons. The number of aromatic nitrogens is 1. The molecule has 4 nitrogen and oxygen atoms in total. The van der Waals surface area contributed by atoms with E-state index in [-0.39, 0.29) is 17.6 Å². The largest absolute Gasteiger partial charge is 0.294 e. The fourth-order valence-corrected chi connectivity index (χ4v) is 2.85. The molecule has 0 aliphatic carbocycles. The van der Waals surface area contributed by atoms with Crippen LogP contribution in [-0.2, 0) is 9.59 Å². The molecule has 2 aromatic rings. The Hall–Kier alpha value is -2.75. The zero-order valence-corrected chi connectivity index (χ0v) is 13.1. The third kappa shape index (κ3) is 2.80. The average molecular weight is 306 g/mol. The topological polar surface area (TPSA) is 50.3 Å². The molecule has 1 atom stereocenters. The van der Waals surface area contributed by atoms with E-state index in [1.165, 1.54) is 0 Å². The molecule has 1 aliphatic rings. The Morgan fingerprint density at radius 3 is 2.39 bits per heavy atom. The number of hydrogen-bond donors (Lipinski definition) is 0. The molecule has 0 spiro atoms. The maximum atomic E-state index is 13.0. The molecule has 1 aromatic carbocycles. The molecule has 1 unspecified atom stereocenters. The maximum absolute atomic E-state index is 13.0. The van der Waals surface area contributed by atoms with Gasteiger partial charge in [-0.2, -0.15) is 0 Å². The van der Waals surface area contributed by atoms with E-state index >= 15 is 0 Å². The second-order valence-electron chi connectivity index (χ2n) is 5.90. The van der Waals surface area contributed by atoms with Crippen LogP contribution in [0.3, 0.4) is 0 Å². The first kappa shape index (κ1) is 15.2. The second kappa shape index (κ2) is 6.16. The number of hydrogen-bond acceptors (Lipinski definition) is 3. The molecule has 1 amide bonds. The number of ketones is 1. The molecule has 0 radical (unpaired) electrons. The summed E-state index contributed by atoms with van der Waals surface area (Å²) in [6, 6.07) is 13.0. The van der Waals surface area contributed by atoms with Gasteiger partial charge in [0.05, 0.1) is 5.70 Å². The molecule has 0 fully saturated rings. The first-order valence-corrected chi connectivity index (χ1v) is 7.64. The lowest BCUT2D eigenvalue weighted by Gasteiger charge is -2.33. The van der Waals surface area contributed by atoms with Crippen molar-refractivity contribution < 1.29 is 9.59 Å². The molecular weight excluding hydrogens is 288 g/mol. The smallest absolute Gasteiger partial charge is 0.242 e. The van der Waals surface area contributed by atoms with E-state index < -0.39 is 5.92 Å². The van der Waals surface area contributed by atoms with Crippen molar-refractivity contribution >= 4 is 23.1 Å². The summed E-state index contributed by atoms with van der Waals surface area (Å²) in [7, 11) is 0. The summed E-state index contributed by atoms with van der Waals surface area (Å²) in [5, 5.41) is 0. The number of amides is 1. The summed E-state index contributed by atoms with van der Waals surface area (Å²) in [6.07, 6.45) is 4.90. The monoisotopic (exact) mass is 306 g/mol. The van der Waals surface area contributed by atoms with Gasteiger partial charge in [0, 0.05) is 29.7 Å². The standard InChI is InChI=1S/C19H18N2O2/c1-13(2)18-17(22)11-16(14-7-6-10-20-12-14)21(19(18)23)15-8-4-3-5-9-15/h3-13,18H,1-2H3. The third-order valence-corrected chi connectivity index (χ3v) is 3.95. The quantitative estimate of drug-likeness (QED) is 0.817. The number of pyridine rings is 1. The number of para-hydroxylation sites is 1. The zero-order valence-electron chi connectivity index (χ0n) is 13.1. The summed E-state index contributed by atoms with van der Waals surface area (Å²) in [5.41, 5.74) is 2.09. The van der Waals surface area contributed by atoms with Crippen molar-refractivity contribution in [2.75, 3.05) is 4.90 Å². The fraction of sp³-hybridized carbons (Fsp3) is 0.211. The van der Waals surface area contributed by atoms with Gasteiger partial charge >= 0.3 is 0 Å². The van der Waals surface area contributed by atoms with Crippen molar-refractivity contribution in [1.29, 1.82) is 0 Å². The average Bonchev–Trinajstić information content (AvgIpc) is 2.55. The van der Waals surface area contributed by atoms with E-state index in [9.17, 15) is 9.59 Å². The van der Waals surface area contributed by atoms with Crippen LogP contribution in [0.5, 0.6) is 0 Å². The third-order valence-electron chi connectivity index (χ3n) is 3.95. The van der Waals surface area contributed by atoms with Gasteiger partial charge in [0.25, 0.3) is 0 Å². The van der Waals surface area contributed by atoms with Crippen LogP contribution in [0, 0.1) is 11.8 Å². The minimum atomic E-state index is -0.643. The minimum Gasteiger partial charge on any atom is -0.294 e. The molecule has 4 heteroatoms. The highest BCUT2D eigenvalue weighted by atomic mass is 16.2. The molecule has 0 N–H and O–H groups in total. The SMILES string of the molecule is CC(C)C1C(=O)C=C(c2cccnc2)N(c2ccccc2)C1=O. The minimum absolute atomic E-state index is 0.0482. The summed E-state index contributed by atoms with van der Waals surface area (Å²) in [4.78, 5) is 31.2. The van der Waals surface area contributed by atoms with Crippen LogP contribution < -0.4 is 4.90 Å². The van der Waals surface area contributed by atoms with Crippen molar-refractivity contribution in [1.82, 2.24) is 4.98 Å². The van der Waals surface area contributed by atoms with Gasteiger partial charge in [-0.25, -0.2) is 0 Å². The van der Waals surface area contributed by atoms with Gasteiger partial charge in [0.2, 0.25) is 5.91 Å². The molecule has 0 bridgehead atoms. The van der Waals surface area contributed by atoms with E-state index in [2.05, 4.69) is 4.98 Å². The molecule has 0 saturated heterocycles. The highest BCUT2D eigenvalue weighted by Gasteiger charge is 2.39. The number of rotatable bonds is 3. The Bertz CT molecular complexity index is 751. The molecule has 1 aromatic heterocycles. The Morgan fingerprint density at radius 1 is 1.04 bits per heavy atom. The predicted octanol–water partition coefficient (Wildman–Crippen LogP) is 3.31. The van der Waals surface area contributed by atoms with Crippen molar-refractivity contribution in [3.05, 3.63) is 66.5 Å². The predicted molar refractivity (Wildman–Crippen MR) is 89.5 cm³/mol. The van der Waals surface area contributed by atoms with E-state index in [1.54, 1.807) is 29.4 Å².